The summed E-state index contributed by atoms with van der Waals surface area (Å²) >= 11 is 6.07. The summed E-state index contributed by atoms with van der Waals surface area (Å²) in [6, 6.07) is 3.77. The minimum atomic E-state index is -3.76. The van der Waals surface area contributed by atoms with Crippen molar-refractivity contribution in [1.82, 2.24) is 10.2 Å². The molecule has 1 aliphatic rings. The Morgan fingerprint density at radius 2 is 2.07 bits per heavy atom. The summed E-state index contributed by atoms with van der Waals surface area (Å²) in [7, 11) is -2.32. The third kappa shape index (κ3) is 5.97. The molecular formula is C18H28ClN3O5S. The second-order valence-electron chi connectivity index (χ2n) is 6.54. The molecule has 1 fully saturated rings. The molecule has 1 aromatic carbocycles. The van der Waals surface area contributed by atoms with E-state index in [4.69, 9.17) is 21.1 Å². The number of nitrogens with one attached hydrogen (secondary N) is 1. The zero-order valence-electron chi connectivity index (χ0n) is 16.5. The highest BCUT2D eigenvalue weighted by molar-refractivity contribution is 7.92. The van der Waals surface area contributed by atoms with Gasteiger partial charge in [-0.15, -0.1) is 0 Å². The van der Waals surface area contributed by atoms with Gasteiger partial charge in [0.05, 0.1) is 32.3 Å². The zero-order chi connectivity index (χ0) is 20.7. The molecule has 1 aromatic rings. The largest absolute Gasteiger partial charge is 0.495 e. The molecule has 28 heavy (non-hydrogen) atoms. The second kappa shape index (κ2) is 10.3. The van der Waals surface area contributed by atoms with E-state index in [1.54, 1.807) is 19.1 Å². The molecular weight excluding hydrogens is 406 g/mol. The predicted molar refractivity (Wildman–Crippen MR) is 110 cm³/mol. The van der Waals surface area contributed by atoms with Crippen molar-refractivity contribution < 1.29 is 22.7 Å². The molecule has 10 heteroatoms. The van der Waals surface area contributed by atoms with Crippen LogP contribution in [0.5, 0.6) is 5.75 Å². The minimum absolute atomic E-state index is 0.243. The lowest BCUT2D eigenvalue weighted by Crippen LogP contribution is -2.51. The lowest BCUT2D eigenvalue weighted by atomic mass is 10.2. The van der Waals surface area contributed by atoms with Crippen molar-refractivity contribution in [2.24, 2.45) is 0 Å². The van der Waals surface area contributed by atoms with Gasteiger partial charge in [-0.3, -0.25) is 14.0 Å². The Kier molecular flexibility index (Phi) is 8.36. The first-order valence-corrected chi connectivity index (χ1v) is 11.4. The van der Waals surface area contributed by atoms with Gasteiger partial charge >= 0.3 is 0 Å². The van der Waals surface area contributed by atoms with Crippen LogP contribution in [0, 0.1) is 0 Å². The fourth-order valence-electron chi connectivity index (χ4n) is 3.15. The van der Waals surface area contributed by atoms with Crippen molar-refractivity contribution in [3.8, 4) is 5.75 Å². The predicted octanol–water partition coefficient (Wildman–Crippen LogP) is 1.34. The molecule has 1 heterocycles. The Morgan fingerprint density at radius 1 is 1.39 bits per heavy atom. The highest BCUT2D eigenvalue weighted by Crippen LogP contribution is 2.34. The topological polar surface area (TPSA) is 88.2 Å². The van der Waals surface area contributed by atoms with Crippen LogP contribution in [0.25, 0.3) is 0 Å². The number of benzene rings is 1. The van der Waals surface area contributed by atoms with Crippen LogP contribution in [0.3, 0.4) is 0 Å². The Bertz CT molecular complexity index is 768. The van der Waals surface area contributed by atoms with Gasteiger partial charge in [-0.25, -0.2) is 8.42 Å². The van der Waals surface area contributed by atoms with Gasteiger partial charge in [-0.1, -0.05) is 18.5 Å². The molecule has 8 nitrogen and oxygen atoms in total. The highest BCUT2D eigenvalue weighted by Gasteiger charge is 2.33. The molecule has 0 spiro atoms. The van der Waals surface area contributed by atoms with Crippen LogP contribution in [-0.2, 0) is 19.6 Å². The van der Waals surface area contributed by atoms with Crippen molar-refractivity contribution in [2.75, 3.05) is 57.1 Å². The van der Waals surface area contributed by atoms with Crippen LogP contribution >= 0.6 is 11.6 Å². The first-order chi connectivity index (χ1) is 13.3. The molecule has 1 atom stereocenters. The summed E-state index contributed by atoms with van der Waals surface area (Å²) in [6.45, 7) is 5.89. The normalized spacial score (nSPS) is 16.4. The van der Waals surface area contributed by atoms with Crippen LogP contribution in [0.1, 0.15) is 13.3 Å². The number of ether oxygens (including phenoxy) is 2. The number of carbonyl (C=O) groups is 1. The Hall–Kier alpha value is -1.55. The maximum absolute atomic E-state index is 12.8. The summed E-state index contributed by atoms with van der Waals surface area (Å²) in [5.74, 6) is -0.0300. The van der Waals surface area contributed by atoms with E-state index in [2.05, 4.69) is 10.2 Å². The molecule has 0 radical (unpaired) electrons. The molecule has 1 saturated heterocycles. The van der Waals surface area contributed by atoms with Gasteiger partial charge in [-0.05, 0) is 24.6 Å². The fraction of sp³-hybridized carbons (Fsp3) is 0.611. The molecule has 0 aliphatic carbocycles. The number of morpholine rings is 1. The first kappa shape index (κ1) is 22.7. The van der Waals surface area contributed by atoms with E-state index in [-0.39, 0.29) is 11.6 Å². The highest BCUT2D eigenvalue weighted by atomic mass is 35.5. The average Bonchev–Trinajstić information content (AvgIpc) is 2.65. The standard InChI is InChI=1S/C18H28ClN3O5S/c1-4-15(18(23)20-7-8-21-9-11-27-12-10-21)22(28(3,24)25)16-13-14(19)5-6-17(16)26-2/h5-6,13,15H,4,7-12H2,1-3H3,(H,20,23)/t15-/m1/s1. The molecule has 2 rings (SSSR count). The summed E-state index contributed by atoms with van der Waals surface area (Å²) in [5, 5.41) is 3.21. The van der Waals surface area contributed by atoms with Crippen molar-refractivity contribution in [2.45, 2.75) is 19.4 Å². The molecule has 158 valence electrons. The van der Waals surface area contributed by atoms with E-state index in [9.17, 15) is 13.2 Å². The van der Waals surface area contributed by atoms with Gasteiger partial charge < -0.3 is 14.8 Å². The van der Waals surface area contributed by atoms with Crippen molar-refractivity contribution in [3.63, 3.8) is 0 Å². The number of hydrogen-bond donors (Lipinski definition) is 1. The van der Waals surface area contributed by atoms with E-state index in [1.807, 2.05) is 0 Å². The van der Waals surface area contributed by atoms with Gasteiger partial charge in [-0.2, -0.15) is 0 Å². The molecule has 0 aromatic heterocycles. The summed E-state index contributed by atoms with van der Waals surface area (Å²) < 4.78 is 36.8. The summed E-state index contributed by atoms with van der Waals surface area (Å²) in [5.41, 5.74) is 0.243. The van der Waals surface area contributed by atoms with E-state index < -0.39 is 16.1 Å². The van der Waals surface area contributed by atoms with Crippen LogP contribution in [-0.4, -0.2) is 78.0 Å². The van der Waals surface area contributed by atoms with Gasteiger partial charge in [0.15, 0.2) is 0 Å². The van der Waals surface area contributed by atoms with Crippen LogP contribution in [0.2, 0.25) is 5.02 Å². The third-order valence-corrected chi connectivity index (χ3v) is 5.94. The van der Waals surface area contributed by atoms with E-state index in [0.717, 1.165) is 23.7 Å². The molecule has 0 bridgehead atoms. The van der Waals surface area contributed by atoms with E-state index in [0.29, 0.717) is 43.5 Å². The molecule has 0 unspecified atom stereocenters. The smallest absolute Gasteiger partial charge is 0.243 e. The van der Waals surface area contributed by atoms with Gasteiger partial charge in [0.1, 0.15) is 11.8 Å². The number of carbonyl (C=O) groups excluding carboxylic acids is 1. The molecule has 1 aliphatic heterocycles. The number of hydrogen-bond acceptors (Lipinski definition) is 6. The van der Waals surface area contributed by atoms with Gasteiger partial charge in [0.25, 0.3) is 0 Å². The quantitative estimate of drug-likeness (QED) is 0.632. The van der Waals surface area contributed by atoms with Gasteiger partial charge in [0, 0.05) is 31.2 Å². The number of methoxy groups -OCH3 is 1. The van der Waals surface area contributed by atoms with Crippen LogP contribution in [0.15, 0.2) is 18.2 Å². The van der Waals surface area contributed by atoms with Crippen molar-refractivity contribution in [1.29, 1.82) is 0 Å². The number of anilines is 1. The van der Waals surface area contributed by atoms with Gasteiger partial charge in [0.2, 0.25) is 15.9 Å². The average molecular weight is 434 g/mol. The lowest BCUT2D eigenvalue weighted by Gasteiger charge is -2.31. The van der Waals surface area contributed by atoms with E-state index in [1.165, 1.54) is 13.2 Å². The Balaban J connectivity index is 2.18. The number of halogens is 1. The fourth-order valence-corrected chi connectivity index (χ4v) is 4.52. The lowest BCUT2D eigenvalue weighted by molar-refractivity contribution is -0.122. The Morgan fingerprint density at radius 3 is 2.64 bits per heavy atom. The maximum Gasteiger partial charge on any atom is 0.243 e. The molecule has 0 saturated carbocycles. The SMILES string of the molecule is CC[C@H](C(=O)NCCN1CCOCC1)N(c1cc(Cl)ccc1OC)S(C)(=O)=O. The monoisotopic (exact) mass is 433 g/mol. The number of sulfonamides is 1. The van der Waals surface area contributed by atoms with Crippen LogP contribution < -0.4 is 14.4 Å². The maximum atomic E-state index is 12.8. The number of amides is 1. The Labute approximate surface area is 171 Å². The minimum Gasteiger partial charge on any atom is -0.495 e. The van der Waals surface area contributed by atoms with Crippen molar-refractivity contribution in [3.05, 3.63) is 23.2 Å². The van der Waals surface area contributed by atoms with E-state index >= 15 is 0 Å². The summed E-state index contributed by atoms with van der Waals surface area (Å²) in [6.07, 6.45) is 1.36. The molecule has 1 amide bonds. The molecule has 1 N–H and O–H groups in total. The number of nitrogens with zero attached hydrogens (tertiary/aromatic N) is 2. The van der Waals surface area contributed by atoms with Crippen molar-refractivity contribution >= 4 is 33.2 Å². The second-order valence-corrected chi connectivity index (χ2v) is 8.84. The summed E-state index contributed by atoms with van der Waals surface area (Å²) in [4.78, 5) is 15.0. The first-order valence-electron chi connectivity index (χ1n) is 9.18. The van der Waals surface area contributed by atoms with Crippen LogP contribution in [0.4, 0.5) is 5.69 Å². The third-order valence-electron chi connectivity index (χ3n) is 4.54. The number of rotatable bonds is 9. The zero-order valence-corrected chi connectivity index (χ0v) is 18.1.